The van der Waals surface area contributed by atoms with Crippen molar-refractivity contribution in [2.75, 3.05) is 0 Å². The highest BCUT2D eigenvalue weighted by molar-refractivity contribution is 5.98. The molecule has 0 amide bonds. The summed E-state index contributed by atoms with van der Waals surface area (Å²) in [6.45, 7) is 1.98. The molecule has 1 fully saturated rings. The highest BCUT2D eigenvalue weighted by Gasteiger charge is 2.30. The van der Waals surface area contributed by atoms with Gasteiger partial charge in [0.25, 0.3) is 0 Å². The van der Waals surface area contributed by atoms with Crippen molar-refractivity contribution in [1.29, 1.82) is 0 Å². The molecule has 0 aromatic heterocycles. The maximum atomic E-state index is 12.3. The molecule has 0 aliphatic heterocycles. The molecule has 0 radical (unpaired) electrons. The zero-order chi connectivity index (χ0) is 12.3. The summed E-state index contributed by atoms with van der Waals surface area (Å²) in [6, 6.07) is 7.77. The first-order chi connectivity index (χ1) is 8.11. The van der Waals surface area contributed by atoms with Crippen molar-refractivity contribution in [2.24, 2.45) is 5.73 Å². The molecule has 0 saturated heterocycles. The van der Waals surface area contributed by atoms with Gasteiger partial charge in [-0.1, -0.05) is 43.5 Å². The summed E-state index contributed by atoms with van der Waals surface area (Å²) in [5, 5.41) is 0. The second-order valence-electron chi connectivity index (χ2n) is 5.34. The SMILES string of the molecule is Cc1ccccc1C(=O)CC1(N)CCCCC1. The third-order valence-electron chi connectivity index (χ3n) is 3.81. The van der Waals surface area contributed by atoms with E-state index in [0.717, 1.165) is 36.8 Å². The third kappa shape index (κ3) is 2.95. The van der Waals surface area contributed by atoms with E-state index in [1.807, 2.05) is 31.2 Å². The van der Waals surface area contributed by atoms with Crippen LogP contribution in [0.25, 0.3) is 0 Å². The largest absolute Gasteiger partial charge is 0.325 e. The van der Waals surface area contributed by atoms with Crippen LogP contribution in [-0.2, 0) is 0 Å². The Morgan fingerprint density at radius 2 is 1.88 bits per heavy atom. The van der Waals surface area contributed by atoms with Gasteiger partial charge in [0, 0.05) is 17.5 Å². The zero-order valence-electron chi connectivity index (χ0n) is 10.5. The number of hydrogen-bond donors (Lipinski definition) is 1. The maximum absolute atomic E-state index is 12.3. The molecule has 2 rings (SSSR count). The summed E-state index contributed by atoms with van der Waals surface area (Å²) in [4.78, 5) is 12.3. The molecular formula is C15H21NO. The molecule has 2 N–H and O–H groups in total. The lowest BCUT2D eigenvalue weighted by Gasteiger charge is -2.32. The minimum absolute atomic E-state index is 0.201. The average Bonchev–Trinajstić information content (AvgIpc) is 2.29. The Morgan fingerprint density at radius 1 is 1.24 bits per heavy atom. The molecule has 0 atom stereocenters. The molecule has 1 aliphatic carbocycles. The van der Waals surface area contributed by atoms with Gasteiger partial charge in [-0.2, -0.15) is 0 Å². The highest BCUT2D eigenvalue weighted by Crippen LogP contribution is 2.30. The molecule has 1 aromatic rings. The van der Waals surface area contributed by atoms with E-state index in [0.29, 0.717) is 6.42 Å². The van der Waals surface area contributed by atoms with Crippen molar-refractivity contribution < 1.29 is 4.79 Å². The zero-order valence-corrected chi connectivity index (χ0v) is 10.5. The summed E-state index contributed by atoms with van der Waals surface area (Å²) < 4.78 is 0. The first-order valence-corrected chi connectivity index (χ1v) is 6.48. The standard InChI is InChI=1S/C15H21NO/c1-12-7-3-4-8-13(12)14(17)11-15(16)9-5-2-6-10-15/h3-4,7-8H,2,5-6,9-11,16H2,1H3. The monoisotopic (exact) mass is 231 g/mol. The smallest absolute Gasteiger partial charge is 0.164 e. The molecule has 92 valence electrons. The van der Waals surface area contributed by atoms with Gasteiger partial charge in [0.05, 0.1) is 0 Å². The molecule has 17 heavy (non-hydrogen) atoms. The Hall–Kier alpha value is -1.15. The van der Waals surface area contributed by atoms with Crippen molar-refractivity contribution in [3.05, 3.63) is 35.4 Å². The molecule has 0 bridgehead atoms. The number of carbonyl (C=O) groups excluding carboxylic acids is 1. The van der Waals surface area contributed by atoms with E-state index in [2.05, 4.69) is 0 Å². The van der Waals surface area contributed by atoms with Gasteiger partial charge in [0.2, 0.25) is 0 Å². The summed E-state index contributed by atoms with van der Waals surface area (Å²) >= 11 is 0. The van der Waals surface area contributed by atoms with Gasteiger partial charge in [-0.3, -0.25) is 4.79 Å². The lowest BCUT2D eigenvalue weighted by atomic mass is 9.78. The molecule has 1 aromatic carbocycles. The number of hydrogen-bond acceptors (Lipinski definition) is 2. The fourth-order valence-electron chi connectivity index (χ4n) is 2.73. The van der Waals surface area contributed by atoms with E-state index in [9.17, 15) is 4.79 Å². The molecule has 0 unspecified atom stereocenters. The predicted molar refractivity (Wildman–Crippen MR) is 70.1 cm³/mol. The third-order valence-corrected chi connectivity index (χ3v) is 3.81. The van der Waals surface area contributed by atoms with Crippen LogP contribution in [0.2, 0.25) is 0 Å². The lowest BCUT2D eigenvalue weighted by molar-refractivity contribution is 0.0934. The van der Waals surface area contributed by atoms with Gasteiger partial charge in [0.15, 0.2) is 5.78 Å². The highest BCUT2D eigenvalue weighted by atomic mass is 16.1. The summed E-state index contributed by atoms with van der Waals surface area (Å²) in [5.41, 5.74) is 7.96. The van der Waals surface area contributed by atoms with E-state index in [1.165, 1.54) is 6.42 Å². The molecule has 1 aliphatic rings. The van der Waals surface area contributed by atoms with Gasteiger partial charge in [0.1, 0.15) is 0 Å². The van der Waals surface area contributed by atoms with Crippen molar-refractivity contribution in [2.45, 2.75) is 51.0 Å². The Kier molecular flexibility index (Phi) is 3.63. The maximum Gasteiger partial charge on any atom is 0.164 e. The van der Waals surface area contributed by atoms with Crippen LogP contribution in [0.3, 0.4) is 0 Å². The fourth-order valence-corrected chi connectivity index (χ4v) is 2.73. The molecule has 0 spiro atoms. The Labute approximate surface area is 103 Å². The van der Waals surface area contributed by atoms with Crippen LogP contribution >= 0.6 is 0 Å². The minimum Gasteiger partial charge on any atom is -0.325 e. The number of rotatable bonds is 3. The van der Waals surface area contributed by atoms with Crippen LogP contribution in [0.5, 0.6) is 0 Å². The van der Waals surface area contributed by atoms with E-state index in [-0.39, 0.29) is 11.3 Å². The number of benzene rings is 1. The second-order valence-corrected chi connectivity index (χ2v) is 5.34. The Morgan fingerprint density at radius 3 is 2.53 bits per heavy atom. The van der Waals surface area contributed by atoms with Crippen molar-refractivity contribution >= 4 is 5.78 Å². The Balaban J connectivity index is 2.09. The molecule has 2 nitrogen and oxygen atoms in total. The number of carbonyl (C=O) groups is 1. The first-order valence-electron chi connectivity index (χ1n) is 6.48. The molecule has 0 heterocycles. The van der Waals surface area contributed by atoms with Gasteiger partial charge in [-0.25, -0.2) is 0 Å². The quantitative estimate of drug-likeness (QED) is 0.812. The minimum atomic E-state index is -0.252. The van der Waals surface area contributed by atoms with E-state index < -0.39 is 0 Å². The lowest BCUT2D eigenvalue weighted by Crippen LogP contribution is -2.43. The predicted octanol–water partition coefficient (Wildman–Crippen LogP) is 3.23. The van der Waals surface area contributed by atoms with E-state index in [4.69, 9.17) is 5.73 Å². The Bertz CT molecular complexity index is 405. The fraction of sp³-hybridized carbons (Fsp3) is 0.533. The topological polar surface area (TPSA) is 43.1 Å². The van der Waals surface area contributed by atoms with E-state index >= 15 is 0 Å². The summed E-state index contributed by atoms with van der Waals surface area (Å²) in [7, 11) is 0. The number of ketones is 1. The van der Waals surface area contributed by atoms with Gasteiger partial charge >= 0.3 is 0 Å². The van der Waals surface area contributed by atoms with Crippen molar-refractivity contribution in [3.8, 4) is 0 Å². The summed E-state index contributed by atoms with van der Waals surface area (Å²) in [5.74, 6) is 0.201. The molecular weight excluding hydrogens is 210 g/mol. The van der Waals surface area contributed by atoms with Crippen LogP contribution in [0.4, 0.5) is 0 Å². The van der Waals surface area contributed by atoms with Crippen LogP contribution in [0.15, 0.2) is 24.3 Å². The van der Waals surface area contributed by atoms with Gasteiger partial charge < -0.3 is 5.73 Å². The number of nitrogens with two attached hydrogens (primary N) is 1. The second kappa shape index (κ2) is 5.01. The number of aryl methyl sites for hydroxylation is 1. The van der Waals surface area contributed by atoms with Crippen LogP contribution in [0, 0.1) is 6.92 Å². The normalized spacial score (nSPS) is 18.9. The molecule has 1 saturated carbocycles. The van der Waals surface area contributed by atoms with E-state index in [1.54, 1.807) is 0 Å². The van der Waals surface area contributed by atoms with Crippen molar-refractivity contribution in [3.63, 3.8) is 0 Å². The molecule has 2 heteroatoms. The number of Topliss-reactive ketones (excluding diaryl/α,β-unsaturated/α-hetero) is 1. The van der Waals surface area contributed by atoms with Crippen molar-refractivity contribution in [1.82, 2.24) is 0 Å². The van der Waals surface area contributed by atoms with Gasteiger partial charge in [-0.05, 0) is 25.3 Å². The van der Waals surface area contributed by atoms with Crippen LogP contribution < -0.4 is 5.73 Å². The first kappa shape index (κ1) is 12.3. The van der Waals surface area contributed by atoms with Crippen LogP contribution in [-0.4, -0.2) is 11.3 Å². The summed E-state index contributed by atoms with van der Waals surface area (Å²) in [6.07, 6.45) is 6.07. The van der Waals surface area contributed by atoms with Crippen LogP contribution in [0.1, 0.15) is 54.4 Å². The average molecular weight is 231 g/mol. The van der Waals surface area contributed by atoms with Gasteiger partial charge in [-0.15, -0.1) is 0 Å².